The van der Waals surface area contributed by atoms with Crippen molar-refractivity contribution in [1.29, 1.82) is 0 Å². The third-order valence-electron chi connectivity index (χ3n) is 1.42. The number of aliphatic hydroxyl groups excluding tert-OH is 1. The summed E-state index contributed by atoms with van der Waals surface area (Å²) in [6.07, 6.45) is 2.07. The minimum Gasteiger partial charge on any atom is -0.396 e. The maximum atomic E-state index is 8.60. The van der Waals surface area contributed by atoms with Gasteiger partial charge in [0.2, 0.25) is 0 Å². The highest BCUT2D eigenvalue weighted by Crippen LogP contribution is 2.21. The number of hydrogen-bond acceptors (Lipinski definition) is 3. The molecule has 0 unspecified atom stereocenters. The van der Waals surface area contributed by atoms with Crippen LogP contribution in [0.4, 0.5) is 0 Å². The van der Waals surface area contributed by atoms with E-state index in [-0.39, 0.29) is 6.61 Å². The Morgan fingerprint density at radius 1 is 1.17 bits per heavy atom. The fraction of sp³-hybridized carbons (Fsp3) is 0.333. The van der Waals surface area contributed by atoms with Crippen LogP contribution in [0.25, 0.3) is 0 Å². The Morgan fingerprint density at radius 3 is 2.25 bits per heavy atom. The third kappa shape index (κ3) is 3.09. The largest absolute Gasteiger partial charge is 0.396 e. The Balaban J connectivity index is 2.53. The van der Waals surface area contributed by atoms with E-state index in [0.29, 0.717) is 0 Å². The van der Waals surface area contributed by atoms with Crippen molar-refractivity contribution in [3.63, 3.8) is 0 Å². The van der Waals surface area contributed by atoms with Crippen LogP contribution in [0.5, 0.6) is 0 Å². The fourth-order valence-corrected chi connectivity index (χ4v) is 1.90. The Kier molecular flexibility index (Phi) is 4.58. The zero-order chi connectivity index (χ0) is 8.81. The summed E-state index contributed by atoms with van der Waals surface area (Å²) in [7, 11) is 0. The highest BCUT2D eigenvalue weighted by Gasteiger charge is 1.93. The first kappa shape index (κ1) is 9.96. The second-order valence-electron chi connectivity index (χ2n) is 2.25. The average Bonchev–Trinajstić information content (AvgIpc) is 2.15. The molecule has 12 heavy (non-hydrogen) atoms. The molecule has 0 aliphatic rings. The van der Waals surface area contributed by atoms with Gasteiger partial charge in [0.05, 0.1) is 6.61 Å². The summed E-state index contributed by atoms with van der Waals surface area (Å²) in [6.45, 7) is 0.245. The van der Waals surface area contributed by atoms with Gasteiger partial charge in [-0.05, 0) is 30.5 Å². The highest BCUT2D eigenvalue weighted by atomic mass is 32.2. The summed E-state index contributed by atoms with van der Waals surface area (Å²) < 4.78 is 0. The van der Waals surface area contributed by atoms with E-state index in [1.54, 1.807) is 23.5 Å². The van der Waals surface area contributed by atoms with Gasteiger partial charge in [-0.1, -0.05) is 0 Å². The lowest BCUT2D eigenvalue weighted by Crippen LogP contribution is -1.84. The van der Waals surface area contributed by atoms with Crippen LogP contribution in [-0.2, 0) is 0 Å². The molecule has 0 radical (unpaired) electrons. The molecule has 1 nitrogen and oxygen atoms in total. The molecule has 1 aromatic carbocycles. The molecular formula is C9H12OS2. The van der Waals surface area contributed by atoms with Gasteiger partial charge in [0.1, 0.15) is 0 Å². The molecule has 1 aromatic rings. The SMILES string of the molecule is CSc1ccc(SCCO)cc1. The monoisotopic (exact) mass is 200 g/mol. The van der Waals surface area contributed by atoms with Crippen LogP contribution >= 0.6 is 23.5 Å². The minimum absolute atomic E-state index is 0.245. The molecule has 0 saturated heterocycles. The van der Waals surface area contributed by atoms with Crippen LogP contribution in [-0.4, -0.2) is 23.7 Å². The Labute approximate surface area is 81.6 Å². The molecule has 0 bridgehead atoms. The lowest BCUT2D eigenvalue weighted by Gasteiger charge is -2.00. The van der Waals surface area contributed by atoms with E-state index in [2.05, 4.69) is 30.5 Å². The molecule has 0 atom stereocenters. The second kappa shape index (κ2) is 5.51. The van der Waals surface area contributed by atoms with E-state index in [1.807, 2.05) is 0 Å². The lowest BCUT2D eigenvalue weighted by atomic mass is 10.4. The number of aliphatic hydroxyl groups is 1. The molecule has 66 valence electrons. The van der Waals surface area contributed by atoms with Crippen LogP contribution < -0.4 is 0 Å². The number of hydrogen-bond donors (Lipinski definition) is 1. The van der Waals surface area contributed by atoms with Gasteiger partial charge in [-0.2, -0.15) is 0 Å². The van der Waals surface area contributed by atoms with Gasteiger partial charge in [-0.3, -0.25) is 0 Å². The normalized spacial score (nSPS) is 10.2. The molecule has 3 heteroatoms. The van der Waals surface area contributed by atoms with Gasteiger partial charge in [0.15, 0.2) is 0 Å². The first-order valence-electron chi connectivity index (χ1n) is 3.74. The molecule has 0 spiro atoms. The molecule has 0 aliphatic carbocycles. The predicted octanol–water partition coefficient (Wildman–Crippen LogP) is 2.49. The Bertz CT molecular complexity index is 220. The van der Waals surface area contributed by atoms with E-state index in [0.717, 1.165) is 5.75 Å². The second-order valence-corrected chi connectivity index (χ2v) is 4.30. The fourth-order valence-electron chi connectivity index (χ4n) is 0.835. The van der Waals surface area contributed by atoms with Crippen LogP contribution in [0.2, 0.25) is 0 Å². The van der Waals surface area contributed by atoms with Gasteiger partial charge in [0.25, 0.3) is 0 Å². The van der Waals surface area contributed by atoms with Gasteiger partial charge in [0, 0.05) is 15.5 Å². The number of thioether (sulfide) groups is 2. The first-order chi connectivity index (χ1) is 5.86. The maximum absolute atomic E-state index is 8.60. The molecule has 1 rings (SSSR count). The summed E-state index contributed by atoms with van der Waals surface area (Å²) in [4.78, 5) is 2.50. The van der Waals surface area contributed by atoms with Gasteiger partial charge in [-0.15, -0.1) is 23.5 Å². The van der Waals surface area contributed by atoms with Crippen molar-refractivity contribution in [3.8, 4) is 0 Å². The predicted molar refractivity (Wildman–Crippen MR) is 56.0 cm³/mol. The van der Waals surface area contributed by atoms with Crippen LogP contribution in [0.3, 0.4) is 0 Å². The molecular weight excluding hydrogens is 188 g/mol. The smallest absolute Gasteiger partial charge is 0.0525 e. The lowest BCUT2D eigenvalue weighted by molar-refractivity contribution is 0.322. The molecule has 1 N–H and O–H groups in total. The van der Waals surface area contributed by atoms with Gasteiger partial charge >= 0.3 is 0 Å². The van der Waals surface area contributed by atoms with Crippen LogP contribution in [0.1, 0.15) is 0 Å². The summed E-state index contributed by atoms with van der Waals surface area (Å²) in [5, 5.41) is 8.60. The molecule has 0 amide bonds. The molecule has 0 saturated carbocycles. The van der Waals surface area contributed by atoms with Crippen molar-refractivity contribution in [1.82, 2.24) is 0 Å². The minimum atomic E-state index is 0.245. The summed E-state index contributed by atoms with van der Waals surface area (Å²) in [6, 6.07) is 8.38. The third-order valence-corrected chi connectivity index (χ3v) is 3.16. The van der Waals surface area contributed by atoms with Gasteiger partial charge in [-0.25, -0.2) is 0 Å². The van der Waals surface area contributed by atoms with Gasteiger partial charge < -0.3 is 5.11 Å². The van der Waals surface area contributed by atoms with Crippen molar-refractivity contribution >= 4 is 23.5 Å². The Hall–Kier alpha value is -0.120. The van der Waals surface area contributed by atoms with E-state index in [1.165, 1.54) is 9.79 Å². The quantitative estimate of drug-likeness (QED) is 0.754. The number of rotatable bonds is 4. The molecule has 0 heterocycles. The van der Waals surface area contributed by atoms with E-state index < -0.39 is 0 Å². The van der Waals surface area contributed by atoms with Crippen molar-refractivity contribution in [3.05, 3.63) is 24.3 Å². The number of benzene rings is 1. The molecule has 0 aromatic heterocycles. The zero-order valence-electron chi connectivity index (χ0n) is 6.99. The molecule has 0 aliphatic heterocycles. The summed E-state index contributed by atoms with van der Waals surface area (Å²) in [5.41, 5.74) is 0. The van der Waals surface area contributed by atoms with Crippen molar-refractivity contribution in [2.45, 2.75) is 9.79 Å². The van der Waals surface area contributed by atoms with E-state index >= 15 is 0 Å². The topological polar surface area (TPSA) is 20.2 Å². The summed E-state index contributed by atoms with van der Waals surface area (Å²) in [5.74, 6) is 0.776. The van der Waals surface area contributed by atoms with Crippen LogP contribution in [0.15, 0.2) is 34.1 Å². The maximum Gasteiger partial charge on any atom is 0.0525 e. The van der Waals surface area contributed by atoms with Crippen molar-refractivity contribution < 1.29 is 5.11 Å². The molecule has 0 fully saturated rings. The summed E-state index contributed by atoms with van der Waals surface area (Å²) >= 11 is 3.42. The van der Waals surface area contributed by atoms with Crippen LogP contribution in [0, 0.1) is 0 Å². The Morgan fingerprint density at radius 2 is 1.75 bits per heavy atom. The highest BCUT2D eigenvalue weighted by molar-refractivity contribution is 7.99. The zero-order valence-corrected chi connectivity index (χ0v) is 8.62. The van der Waals surface area contributed by atoms with Crippen molar-refractivity contribution in [2.24, 2.45) is 0 Å². The standard InChI is InChI=1S/C9H12OS2/c1-11-8-2-4-9(5-3-8)12-7-6-10/h2-5,10H,6-7H2,1H3. The van der Waals surface area contributed by atoms with E-state index in [9.17, 15) is 0 Å². The average molecular weight is 200 g/mol. The van der Waals surface area contributed by atoms with E-state index in [4.69, 9.17) is 5.11 Å². The first-order valence-corrected chi connectivity index (χ1v) is 5.95. The van der Waals surface area contributed by atoms with Crippen molar-refractivity contribution in [2.75, 3.05) is 18.6 Å².